The second kappa shape index (κ2) is 5.02. The van der Waals surface area contributed by atoms with Gasteiger partial charge >= 0.3 is 6.03 Å². The number of imide groups is 1. The predicted octanol–water partition coefficient (Wildman–Crippen LogP) is 0.506. The molecule has 2 aromatic heterocycles. The second-order valence-corrected chi connectivity index (χ2v) is 6.08. The third-order valence-corrected chi connectivity index (χ3v) is 4.34. The molecular formula is C15H18N6O2. The van der Waals surface area contributed by atoms with Crippen molar-refractivity contribution in [2.45, 2.75) is 25.2 Å². The fourth-order valence-corrected chi connectivity index (χ4v) is 2.85. The Kier molecular flexibility index (Phi) is 3.08. The number of nitrogens with zero attached hydrogens (tertiary/aromatic N) is 5. The summed E-state index contributed by atoms with van der Waals surface area (Å²) in [5.41, 5.74) is 8.09. The van der Waals surface area contributed by atoms with E-state index in [1.54, 1.807) is 4.52 Å². The third kappa shape index (κ3) is 2.26. The summed E-state index contributed by atoms with van der Waals surface area (Å²) in [6.07, 6.45) is 2.87. The molecule has 0 bridgehead atoms. The van der Waals surface area contributed by atoms with Crippen LogP contribution in [0.2, 0.25) is 0 Å². The quantitative estimate of drug-likeness (QED) is 0.829. The number of aromatic nitrogens is 3. The van der Waals surface area contributed by atoms with E-state index in [4.69, 9.17) is 5.73 Å². The van der Waals surface area contributed by atoms with E-state index < -0.39 is 0 Å². The summed E-state index contributed by atoms with van der Waals surface area (Å²) in [5, 5.41) is 4.50. The highest BCUT2D eigenvalue weighted by Crippen LogP contribution is 2.40. The zero-order chi connectivity index (χ0) is 16.1. The molecular weight excluding hydrogens is 296 g/mol. The summed E-state index contributed by atoms with van der Waals surface area (Å²) in [5.74, 6) is 0.822. The van der Waals surface area contributed by atoms with Crippen molar-refractivity contribution in [3.05, 3.63) is 23.5 Å². The molecule has 2 aromatic rings. The lowest BCUT2D eigenvalue weighted by atomic mass is 10.2. The molecule has 1 aliphatic heterocycles. The highest BCUT2D eigenvalue weighted by molar-refractivity contribution is 6.11. The number of hydrogen-bond acceptors (Lipinski definition) is 5. The van der Waals surface area contributed by atoms with Gasteiger partial charge in [0.05, 0.1) is 5.69 Å². The van der Waals surface area contributed by atoms with Crippen LogP contribution in [0.5, 0.6) is 0 Å². The summed E-state index contributed by atoms with van der Waals surface area (Å²) in [4.78, 5) is 31.4. The number of fused-ring (bicyclic) bond motifs is 1. The van der Waals surface area contributed by atoms with Gasteiger partial charge < -0.3 is 5.73 Å². The monoisotopic (exact) mass is 314 g/mol. The number of amides is 3. The minimum Gasteiger partial charge on any atom is -0.330 e. The molecule has 23 heavy (non-hydrogen) atoms. The van der Waals surface area contributed by atoms with Crippen LogP contribution in [0.15, 0.2) is 12.1 Å². The van der Waals surface area contributed by atoms with Gasteiger partial charge in [0.25, 0.3) is 5.91 Å². The van der Waals surface area contributed by atoms with Crippen molar-refractivity contribution in [2.24, 2.45) is 5.73 Å². The van der Waals surface area contributed by atoms with Crippen LogP contribution >= 0.6 is 0 Å². The largest absolute Gasteiger partial charge is 0.332 e. The zero-order valence-electron chi connectivity index (χ0n) is 12.9. The number of anilines is 1. The number of nitrogens with two attached hydrogens (primary N) is 1. The fourth-order valence-electron chi connectivity index (χ4n) is 2.85. The van der Waals surface area contributed by atoms with Gasteiger partial charge in [-0.3, -0.25) is 14.6 Å². The Morgan fingerprint density at radius 2 is 2.09 bits per heavy atom. The van der Waals surface area contributed by atoms with Gasteiger partial charge in [0.15, 0.2) is 5.65 Å². The van der Waals surface area contributed by atoms with E-state index in [1.807, 2.05) is 12.1 Å². The van der Waals surface area contributed by atoms with Crippen LogP contribution in [-0.2, 0) is 11.2 Å². The molecule has 2 aliphatic rings. The lowest BCUT2D eigenvalue weighted by Gasteiger charge is -2.16. The highest BCUT2D eigenvalue weighted by atomic mass is 16.2. The average Bonchev–Trinajstić information content (AvgIpc) is 3.25. The summed E-state index contributed by atoms with van der Waals surface area (Å²) in [6, 6.07) is 3.45. The minimum absolute atomic E-state index is 0.0324. The van der Waals surface area contributed by atoms with Crippen LogP contribution in [0.25, 0.3) is 5.65 Å². The first-order valence-corrected chi connectivity index (χ1v) is 7.76. The van der Waals surface area contributed by atoms with Crippen molar-refractivity contribution in [3.63, 3.8) is 0 Å². The number of rotatable bonds is 4. The smallest absolute Gasteiger partial charge is 0.330 e. The average molecular weight is 314 g/mol. The fraction of sp³-hybridized carbons (Fsp3) is 0.467. The maximum Gasteiger partial charge on any atom is 0.332 e. The third-order valence-electron chi connectivity index (χ3n) is 4.34. The van der Waals surface area contributed by atoms with Gasteiger partial charge in [0.1, 0.15) is 12.4 Å². The van der Waals surface area contributed by atoms with E-state index in [2.05, 4.69) is 10.1 Å². The Hall–Kier alpha value is -2.48. The maximum absolute atomic E-state index is 12.3. The SMILES string of the molecule is CN1C(=O)CN(c2cc(C3CC3)nc3cc(CCN)nn23)C1=O. The standard InChI is InChI=1S/C15H18N6O2/c1-19-14(22)8-20(15(19)23)13-7-11(9-2-3-9)17-12-6-10(4-5-16)18-21(12)13/h6-7,9H,2-5,8,16H2,1H3. The van der Waals surface area contributed by atoms with E-state index in [9.17, 15) is 9.59 Å². The molecule has 3 amide bonds. The first-order chi connectivity index (χ1) is 11.1. The van der Waals surface area contributed by atoms with E-state index in [0.29, 0.717) is 30.3 Å². The summed E-state index contributed by atoms with van der Waals surface area (Å²) in [7, 11) is 1.49. The molecule has 3 heterocycles. The van der Waals surface area contributed by atoms with Crippen LogP contribution in [0, 0.1) is 0 Å². The molecule has 1 saturated carbocycles. The first-order valence-electron chi connectivity index (χ1n) is 7.76. The predicted molar refractivity (Wildman–Crippen MR) is 83.2 cm³/mol. The van der Waals surface area contributed by atoms with E-state index in [0.717, 1.165) is 29.1 Å². The molecule has 0 radical (unpaired) electrons. The van der Waals surface area contributed by atoms with E-state index in [1.165, 1.54) is 11.9 Å². The van der Waals surface area contributed by atoms with Gasteiger partial charge in [-0.2, -0.15) is 9.61 Å². The Labute approximate surface area is 132 Å². The van der Waals surface area contributed by atoms with Gasteiger partial charge in [0.2, 0.25) is 0 Å². The molecule has 0 spiro atoms. The number of hydrogen-bond donors (Lipinski definition) is 1. The van der Waals surface area contributed by atoms with Gasteiger partial charge in [-0.25, -0.2) is 9.78 Å². The van der Waals surface area contributed by atoms with Crippen LogP contribution < -0.4 is 10.6 Å². The molecule has 0 unspecified atom stereocenters. The summed E-state index contributed by atoms with van der Waals surface area (Å²) < 4.78 is 1.64. The van der Waals surface area contributed by atoms with Crippen molar-refractivity contribution in [1.29, 1.82) is 0 Å². The molecule has 1 saturated heterocycles. The van der Waals surface area contributed by atoms with Gasteiger partial charge in [-0.15, -0.1) is 0 Å². The lowest BCUT2D eigenvalue weighted by Crippen LogP contribution is -2.31. The zero-order valence-corrected chi connectivity index (χ0v) is 12.9. The van der Waals surface area contributed by atoms with Gasteiger partial charge in [0, 0.05) is 37.2 Å². The summed E-state index contributed by atoms with van der Waals surface area (Å²) in [6.45, 7) is 0.531. The normalized spacial score (nSPS) is 18.5. The highest BCUT2D eigenvalue weighted by Gasteiger charge is 2.37. The number of carbonyl (C=O) groups is 2. The minimum atomic E-state index is -0.333. The number of carbonyl (C=O) groups excluding carboxylic acids is 2. The lowest BCUT2D eigenvalue weighted by molar-refractivity contribution is -0.123. The maximum atomic E-state index is 12.3. The number of likely N-dealkylation sites (N-methyl/N-ethyl adjacent to an activating group) is 1. The van der Waals surface area contributed by atoms with Crippen LogP contribution in [0.1, 0.15) is 30.1 Å². The Morgan fingerprint density at radius 1 is 1.30 bits per heavy atom. The molecule has 8 nitrogen and oxygen atoms in total. The Balaban J connectivity index is 1.86. The van der Waals surface area contributed by atoms with E-state index in [-0.39, 0.29) is 18.5 Å². The molecule has 0 aromatic carbocycles. The van der Waals surface area contributed by atoms with Crippen molar-refractivity contribution in [2.75, 3.05) is 25.0 Å². The molecule has 1 aliphatic carbocycles. The molecule has 2 N–H and O–H groups in total. The van der Waals surface area contributed by atoms with E-state index >= 15 is 0 Å². The molecule has 8 heteroatoms. The van der Waals surface area contributed by atoms with Crippen molar-refractivity contribution < 1.29 is 9.59 Å². The number of urea groups is 1. The van der Waals surface area contributed by atoms with Crippen molar-refractivity contribution in [3.8, 4) is 0 Å². The van der Waals surface area contributed by atoms with Gasteiger partial charge in [-0.05, 0) is 19.4 Å². The van der Waals surface area contributed by atoms with Crippen molar-refractivity contribution >= 4 is 23.4 Å². The van der Waals surface area contributed by atoms with Crippen molar-refractivity contribution in [1.82, 2.24) is 19.5 Å². The molecule has 0 atom stereocenters. The van der Waals surface area contributed by atoms with Crippen LogP contribution in [0.4, 0.5) is 10.6 Å². The Morgan fingerprint density at radius 3 is 2.70 bits per heavy atom. The molecule has 2 fully saturated rings. The Bertz CT molecular complexity index is 810. The molecule has 4 rings (SSSR count). The summed E-state index contributed by atoms with van der Waals surface area (Å²) >= 11 is 0. The topological polar surface area (TPSA) is 96.8 Å². The van der Waals surface area contributed by atoms with Gasteiger partial charge in [-0.1, -0.05) is 0 Å². The van der Waals surface area contributed by atoms with Crippen LogP contribution in [-0.4, -0.2) is 51.6 Å². The molecule has 120 valence electrons. The second-order valence-electron chi connectivity index (χ2n) is 6.08. The van der Waals surface area contributed by atoms with Crippen LogP contribution in [0.3, 0.4) is 0 Å². The first kappa shape index (κ1) is 14.1.